The van der Waals surface area contributed by atoms with Gasteiger partial charge in [0.05, 0.1) is 9.83 Å². The van der Waals surface area contributed by atoms with Crippen molar-refractivity contribution in [3.63, 3.8) is 0 Å². The monoisotopic (exact) mass is 421 g/mol. The van der Waals surface area contributed by atoms with Crippen LogP contribution >= 0.6 is 11.8 Å². The Morgan fingerprint density at radius 3 is 2.53 bits per heavy atom. The van der Waals surface area contributed by atoms with E-state index in [1.165, 1.54) is 29.5 Å². The van der Waals surface area contributed by atoms with Crippen LogP contribution in [-0.2, 0) is 11.2 Å². The second kappa shape index (κ2) is 8.46. The molecule has 2 aromatic carbocycles. The smallest absolute Gasteiger partial charge is 0.269 e. The summed E-state index contributed by atoms with van der Waals surface area (Å²) in [5.41, 5.74) is 2.68. The number of carbonyl (C=O) groups is 1. The standard InChI is InChI=1S/C22H19N3O4S/c1-2-14-3-7-16(8-4-14)23-22-24-21(26)20(30-22)13-18-11-12-19(29-18)15-5-9-17(10-6-15)25(27)28/h3-13,22-23H,2H2,1H3,(H,24,26)/b20-13+/t22-/m1/s1. The topological polar surface area (TPSA) is 97.4 Å². The summed E-state index contributed by atoms with van der Waals surface area (Å²) >= 11 is 1.38. The minimum absolute atomic E-state index is 0.0227. The van der Waals surface area contributed by atoms with Gasteiger partial charge in [-0.2, -0.15) is 0 Å². The molecule has 152 valence electrons. The molecule has 1 aliphatic rings. The molecule has 1 aliphatic heterocycles. The molecule has 0 radical (unpaired) electrons. The number of non-ortho nitro benzene ring substituents is 1. The summed E-state index contributed by atoms with van der Waals surface area (Å²) in [6, 6.07) is 17.8. The Morgan fingerprint density at radius 2 is 1.87 bits per heavy atom. The minimum Gasteiger partial charge on any atom is -0.457 e. The van der Waals surface area contributed by atoms with Gasteiger partial charge in [-0.25, -0.2) is 0 Å². The largest absolute Gasteiger partial charge is 0.457 e. The number of furan rings is 1. The summed E-state index contributed by atoms with van der Waals surface area (Å²) in [7, 11) is 0. The van der Waals surface area contributed by atoms with Crippen molar-refractivity contribution in [2.24, 2.45) is 0 Å². The Kier molecular flexibility index (Phi) is 5.58. The number of carbonyl (C=O) groups excluding carboxylic acids is 1. The van der Waals surface area contributed by atoms with Crippen molar-refractivity contribution in [1.82, 2.24) is 5.32 Å². The maximum atomic E-state index is 12.3. The van der Waals surface area contributed by atoms with Gasteiger partial charge in [0.15, 0.2) is 5.50 Å². The Hall–Kier alpha value is -3.52. The van der Waals surface area contributed by atoms with Gasteiger partial charge in [0.1, 0.15) is 11.5 Å². The lowest BCUT2D eigenvalue weighted by Crippen LogP contribution is -2.30. The zero-order valence-corrected chi connectivity index (χ0v) is 16.9. The van der Waals surface area contributed by atoms with Crippen LogP contribution in [-0.4, -0.2) is 16.3 Å². The van der Waals surface area contributed by atoms with Gasteiger partial charge in [-0.1, -0.05) is 30.8 Å². The van der Waals surface area contributed by atoms with Crippen molar-refractivity contribution >= 4 is 35.1 Å². The summed E-state index contributed by atoms with van der Waals surface area (Å²) in [6.07, 6.45) is 2.67. The van der Waals surface area contributed by atoms with Gasteiger partial charge in [0, 0.05) is 29.5 Å². The number of hydrogen-bond donors (Lipinski definition) is 2. The fraction of sp³-hybridized carbons (Fsp3) is 0.136. The van der Waals surface area contributed by atoms with Gasteiger partial charge in [-0.05, 0) is 48.4 Å². The number of amides is 1. The summed E-state index contributed by atoms with van der Waals surface area (Å²) < 4.78 is 5.80. The van der Waals surface area contributed by atoms with Crippen LogP contribution < -0.4 is 10.6 Å². The van der Waals surface area contributed by atoms with Crippen LogP contribution in [0.3, 0.4) is 0 Å². The highest BCUT2D eigenvalue weighted by Crippen LogP contribution is 2.32. The molecule has 1 saturated heterocycles. The average molecular weight is 421 g/mol. The highest BCUT2D eigenvalue weighted by Gasteiger charge is 2.27. The van der Waals surface area contributed by atoms with Crippen LogP contribution in [0, 0.1) is 10.1 Å². The number of nitro groups is 1. The number of nitro benzene ring substituents is 1. The molecule has 2 heterocycles. The number of nitrogens with one attached hydrogen (secondary N) is 2. The molecule has 1 atom stereocenters. The summed E-state index contributed by atoms with van der Waals surface area (Å²) in [5.74, 6) is 0.941. The minimum atomic E-state index is -0.444. The molecule has 1 aromatic heterocycles. The highest BCUT2D eigenvalue weighted by molar-refractivity contribution is 8.05. The second-order valence-electron chi connectivity index (χ2n) is 6.68. The number of thioether (sulfide) groups is 1. The first-order valence-electron chi connectivity index (χ1n) is 9.41. The molecule has 1 amide bonds. The summed E-state index contributed by atoms with van der Waals surface area (Å²) in [5, 5.41) is 17.0. The third-order valence-corrected chi connectivity index (χ3v) is 5.68. The van der Waals surface area contributed by atoms with E-state index in [2.05, 4.69) is 29.7 Å². The molecule has 0 unspecified atom stereocenters. The number of anilines is 1. The van der Waals surface area contributed by atoms with E-state index in [0.29, 0.717) is 16.4 Å². The quantitative estimate of drug-likeness (QED) is 0.330. The molecule has 8 heteroatoms. The number of hydrogen-bond acceptors (Lipinski definition) is 6. The van der Waals surface area contributed by atoms with E-state index in [1.807, 2.05) is 12.1 Å². The van der Waals surface area contributed by atoms with Crippen LogP contribution in [0.25, 0.3) is 17.4 Å². The van der Waals surface area contributed by atoms with Crippen molar-refractivity contribution < 1.29 is 14.1 Å². The average Bonchev–Trinajstić information content (AvgIpc) is 3.35. The zero-order chi connectivity index (χ0) is 21.1. The second-order valence-corrected chi connectivity index (χ2v) is 7.83. The number of rotatable bonds is 6. The first kappa shape index (κ1) is 19.8. The van der Waals surface area contributed by atoms with Crippen molar-refractivity contribution in [2.75, 3.05) is 5.32 Å². The Morgan fingerprint density at radius 1 is 1.13 bits per heavy atom. The fourth-order valence-corrected chi connectivity index (χ4v) is 3.98. The van der Waals surface area contributed by atoms with Gasteiger partial charge in [0.25, 0.3) is 11.6 Å². The van der Waals surface area contributed by atoms with Gasteiger partial charge in [-0.3, -0.25) is 14.9 Å². The molecular weight excluding hydrogens is 402 g/mol. The van der Waals surface area contributed by atoms with Gasteiger partial charge in [-0.15, -0.1) is 0 Å². The van der Waals surface area contributed by atoms with Gasteiger partial charge >= 0.3 is 0 Å². The predicted molar refractivity (Wildman–Crippen MR) is 118 cm³/mol. The van der Waals surface area contributed by atoms with Crippen LogP contribution in [0.2, 0.25) is 0 Å². The third-order valence-electron chi connectivity index (χ3n) is 4.65. The van der Waals surface area contributed by atoms with Crippen molar-refractivity contribution in [1.29, 1.82) is 0 Å². The third kappa shape index (κ3) is 4.38. The molecule has 0 spiro atoms. The lowest BCUT2D eigenvalue weighted by molar-refractivity contribution is -0.384. The normalized spacial score (nSPS) is 17.2. The molecule has 0 aliphatic carbocycles. The maximum absolute atomic E-state index is 12.3. The lowest BCUT2D eigenvalue weighted by atomic mass is 10.1. The Labute approximate surface area is 177 Å². The Bertz CT molecular complexity index is 1100. The SMILES string of the molecule is CCc1ccc(N[C@@H]2NC(=O)/C(=C\c3ccc(-c4ccc([N+](=O)[O-])cc4)o3)S2)cc1. The van der Waals surface area contributed by atoms with Gasteiger partial charge in [0.2, 0.25) is 0 Å². The van der Waals surface area contributed by atoms with E-state index in [9.17, 15) is 14.9 Å². The first-order chi connectivity index (χ1) is 14.5. The fourth-order valence-electron chi connectivity index (χ4n) is 3.02. The molecule has 4 rings (SSSR count). The molecule has 0 saturated carbocycles. The molecule has 2 N–H and O–H groups in total. The molecule has 30 heavy (non-hydrogen) atoms. The van der Waals surface area contributed by atoms with E-state index >= 15 is 0 Å². The van der Waals surface area contributed by atoms with E-state index in [1.54, 1.807) is 30.3 Å². The first-order valence-corrected chi connectivity index (χ1v) is 10.3. The van der Waals surface area contributed by atoms with Crippen molar-refractivity contribution in [3.8, 4) is 11.3 Å². The zero-order valence-electron chi connectivity index (χ0n) is 16.1. The molecule has 3 aromatic rings. The van der Waals surface area contributed by atoms with Crippen LogP contribution in [0.5, 0.6) is 0 Å². The van der Waals surface area contributed by atoms with E-state index in [-0.39, 0.29) is 17.1 Å². The molecular formula is C22H19N3O4S. The van der Waals surface area contributed by atoms with E-state index in [0.717, 1.165) is 17.7 Å². The summed E-state index contributed by atoms with van der Waals surface area (Å²) in [4.78, 5) is 23.2. The highest BCUT2D eigenvalue weighted by atomic mass is 32.2. The number of nitrogens with zero attached hydrogens (tertiary/aromatic N) is 1. The van der Waals surface area contributed by atoms with E-state index < -0.39 is 4.92 Å². The van der Waals surface area contributed by atoms with E-state index in [4.69, 9.17) is 4.42 Å². The van der Waals surface area contributed by atoms with Crippen molar-refractivity contribution in [3.05, 3.63) is 87.0 Å². The Balaban J connectivity index is 1.44. The maximum Gasteiger partial charge on any atom is 0.269 e. The molecule has 1 fully saturated rings. The summed E-state index contributed by atoms with van der Waals surface area (Å²) in [6.45, 7) is 2.11. The predicted octanol–water partition coefficient (Wildman–Crippen LogP) is 5.02. The van der Waals surface area contributed by atoms with Crippen LogP contribution in [0.15, 0.2) is 70.0 Å². The number of benzene rings is 2. The lowest BCUT2D eigenvalue weighted by Gasteiger charge is -2.12. The molecule has 7 nitrogen and oxygen atoms in total. The van der Waals surface area contributed by atoms with Gasteiger partial charge < -0.3 is 15.1 Å². The van der Waals surface area contributed by atoms with Crippen molar-refractivity contribution in [2.45, 2.75) is 18.8 Å². The molecule has 0 bridgehead atoms. The van der Waals surface area contributed by atoms with Crippen LogP contribution in [0.4, 0.5) is 11.4 Å². The van der Waals surface area contributed by atoms with Crippen LogP contribution in [0.1, 0.15) is 18.2 Å². The number of aryl methyl sites for hydroxylation is 1.